The minimum atomic E-state index is -3.75. The largest absolute Gasteiger partial charge is 0.494 e. The first-order valence-corrected chi connectivity index (χ1v) is 7.98. The lowest BCUT2D eigenvalue weighted by Gasteiger charge is -2.32. The second-order valence-corrected chi connectivity index (χ2v) is 7.69. The van der Waals surface area contributed by atoms with Crippen molar-refractivity contribution in [2.45, 2.75) is 50.7 Å². The lowest BCUT2D eigenvalue weighted by Crippen LogP contribution is -2.41. The molecular weight excluding hydrogens is 277 g/mol. The Labute approximate surface area is 120 Å². The fourth-order valence-electron chi connectivity index (χ4n) is 2.05. The summed E-state index contributed by atoms with van der Waals surface area (Å²) in [6.07, 6.45) is 0. The zero-order valence-corrected chi connectivity index (χ0v) is 13.2. The Morgan fingerprint density at radius 1 is 1.10 bits per heavy atom. The van der Waals surface area contributed by atoms with E-state index in [9.17, 15) is 8.42 Å². The van der Waals surface area contributed by atoms with Crippen molar-refractivity contribution in [1.29, 1.82) is 0 Å². The van der Waals surface area contributed by atoms with E-state index in [1.165, 1.54) is 6.07 Å². The topological polar surface area (TPSA) is 78.6 Å². The second-order valence-electron chi connectivity index (χ2n) is 6.16. The Bertz CT molecular complexity index is 624. The molecule has 0 aliphatic carbocycles. The fraction of sp³-hybridized carbons (Fsp3) is 0.538. The molecule has 1 aliphatic heterocycles. The van der Waals surface area contributed by atoms with Gasteiger partial charge in [-0.3, -0.25) is 0 Å². The summed E-state index contributed by atoms with van der Waals surface area (Å²) in [6, 6.07) is 5.03. The Hall–Kier alpha value is -0.885. The third-order valence-corrected chi connectivity index (χ3v) is 5.10. The molecule has 0 radical (unpaired) electrons. The second kappa shape index (κ2) is 4.56. The highest BCUT2D eigenvalue weighted by molar-refractivity contribution is 7.89. The highest BCUT2D eigenvalue weighted by Gasteiger charge is 2.51. The van der Waals surface area contributed by atoms with Crippen LogP contribution >= 0.6 is 0 Å². The zero-order chi connectivity index (χ0) is 15.3. The smallest absolute Gasteiger partial charge is 0.399 e. The lowest BCUT2D eigenvalue weighted by molar-refractivity contribution is 0.00578. The Morgan fingerprint density at radius 3 is 2.05 bits per heavy atom. The molecule has 1 fully saturated rings. The molecule has 110 valence electrons. The van der Waals surface area contributed by atoms with Crippen molar-refractivity contribution in [3.05, 3.63) is 23.8 Å². The van der Waals surface area contributed by atoms with Crippen molar-refractivity contribution < 1.29 is 17.7 Å². The standard InChI is InChI=1S/C13H20BNO4S/c1-9-6-7-10(8-11(9)20(15,16)17)14-18-12(2,3)13(4,5)19-14/h6-8H,1-5H3,(H2,15,16,17). The molecule has 1 aromatic rings. The van der Waals surface area contributed by atoms with Crippen molar-refractivity contribution in [1.82, 2.24) is 0 Å². The normalized spacial score (nSPS) is 21.2. The van der Waals surface area contributed by atoms with Gasteiger partial charge >= 0.3 is 7.12 Å². The first kappa shape index (κ1) is 15.5. The molecular formula is C13H20BNO4S. The van der Waals surface area contributed by atoms with Gasteiger partial charge < -0.3 is 9.31 Å². The molecule has 0 atom stereocenters. The zero-order valence-electron chi connectivity index (χ0n) is 12.4. The first-order valence-electron chi connectivity index (χ1n) is 6.43. The molecule has 2 N–H and O–H groups in total. The first-order chi connectivity index (χ1) is 8.94. The molecule has 1 saturated heterocycles. The average Bonchev–Trinajstić information content (AvgIpc) is 2.47. The van der Waals surface area contributed by atoms with Crippen LogP contribution in [-0.2, 0) is 19.3 Å². The van der Waals surface area contributed by atoms with Crippen LogP contribution < -0.4 is 10.6 Å². The maximum atomic E-state index is 11.6. The minimum Gasteiger partial charge on any atom is -0.399 e. The van der Waals surface area contributed by atoms with Gasteiger partial charge in [-0.2, -0.15) is 0 Å². The molecule has 5 nitrogen and oxygen atoms in total. The molecule has 0 spiro atoms. The molecule has 7 heteroatoms. The number of sulfonamides is 1. The van der Waals surface area contributed by atoms with Crippen LogP contribution in [0.3, 0.4) is 0 Å². The number of hydrogen-bond donors (Lipinski definition) is 1. The fourth-order valence-corrected chi connectivity index (χ4v) is 2.87. The number of benzene rings is 1. The third-order valence-electron chi connectivity index (χ3n) is 4.04. The van der Waals surface area contributed by atoms with E-state index in [2.05, 4.69) is 0 Å². The van der Waals surface area contributed by atoms with Gasteiger partial charge in [0.05, 0.1) is 16.1 Å². The Kier molecular flexibility index (Phi) is 3.53. The summed E-state index contributed by atoms with van der Waals surface area (Å²) in [5.41, 5.74) is 0.320. The summed E-state index contributed by atoms with van der Waals surface area (Å²) >= 11 is 0. The van der Waals surface area contributed by atoms with Gasteiger partial charge in [-0.05, 0) is 51.7 Å². The molecule has 20 heavy (non-hydrogen) atoms. The van der Waals surface area contributed by atoms with Crippen LogP contribution in [0.15, 0.2) is 23.1 Å². The SMILES string of the molecule is Cc1ccc(B2OC(C)(C)C(C)(C)O2)cc1S(N)(=O)=O. The van der Waals surface area contributed by atoms with E-state index in [0.29, 0.717) is 11.0 Å². The van der Waals surface area contributed by atoms with E-state index in [0.717, 1.165) is 0 Å². The molecule has 1 aromatic carbocycles. The molecule has 2 rings (SSSR count). The molecule has 1 aliphatic rings. The van der Waals surface area contributed by atoms with Gasteiger partial charge in [0.25, 0.3) is 0 Å². The van der Waals surface area contributed by atoms with Crippen molar-refractivity contribution >= 4 is 22.6 Å². The summed E-state index contributed by atoms with van der Waals surface area (Å²) in [7, 11) is -4.35. The molecule has 1 heterocycles. The van der Waals surface area contributed by atoms with Crippen molar-refractivity contribution in [3.63, 3.8) is 0 Å². The van der Waals surface area contributed by atoms with E-state index < -0.39 is 28.3 Å². The maximum Gasteiger partial charge on any atom is 0.494 e. The molecule has 0 amide bonds. The van der Waals surface area contributed by atoms with E-state index in [1.807, 2.05) is 27.7 Å². The van der Waals surface area contributed by atoms with E-state index >= 15 is 0 Å². The summed E-state index contributed by atoms with van der Waals surface area (Å²) in [5.74, 6) is 0. The molecule has 0 aromatic heterocycles. The third kappa shape index (κ3) is 2.63. The average molecular weight is 297 g/mol. The van der Waals surface area contributed by atoms with Crippen molar-refractivity contribution in [2.24, 2.45) is 5.14 Å². The maximum absolute atomic E-state index is 11.6. The Balaban J connectivity index is 2.42. The van der Waals surface area contributed by atoms with Gasteiger partial charge in [0.15, 0.2) is 0 Å². The number of nitrogens with two attached hydrogens (primary N) is 1. The van der Waals surface area contributed by atoms with Crippen LogP contribution in [0.1, 0.15) is 33.3 Å². The number of rotatable bonds is 2. The van der Waals surface area contributed by atoms with Crippen LogP contribution in [0, 0.1) is 6.92 Å². The number of primary sulfonamides is 1. The van der Waals surface area contributed by atoms with Crippen molar-refractivity contribution in [2.75, 3.05) is 0 Å². The van der Waals surface area contributed by atoms with Crippen molar-refractivity contribution in [3.8, 4) is 0 Å². The van der Waals surface area contributed by atoms with E-state index in [4.69, 9.17) is 14.4 Å². The molecule has 0 bridgehead atoms. The van der Waals surface area contributed by atoms with Gasteiger partial charge in [0, 0.05) is 0 Å². The highest BCUT2D eigenvalue weighted by atomic mass is 32.2. The predicted molar refractivity (Wildman–Crippen MR) is 78.3 cm³/mol. The Morgan fingerprint density at radius 2 is 1.60 bits per heavy atom. The molecule has 0 unspecified atom stereocenters. The van der Waals surface area contributed by atoms with Crippen LogP contribution in [0.4, 0.5) is 0 Å². The van der Waals surface area contributed by atoms with Crippen LogP contribution in [0.5, 0.6) is 0 Å². The van der Waals surface area contributed by atoms with Gasteiger partial charge in [-0.1, -0.05) is 12.1 Å². The van der Waals surface area contributed by atoms with Gasteiger partial charge in [-0.15, -0.1) is 0 Å². The minimum absolute atomic E-state index is 0.102. The summed E-state index contributed by atoms with van der Waals surface area (Å²) in [4.78, 5) is 0.102. The van der Waals surface area contributed by atoms with Crippen LogP contribution in [0.2, 0.25) is 0 Å². The quantitative estimate of drug-likeness (QED) is 0.824. The number of hydrogen-bond acceptors (Lipinski definition) is 4. The summed E-state index contributed by atoms with van der Waals surface area (Å²) < 4.78 is 34.9. The van der Waals surface area contributed by atoms with Crippen LogP contribution in [-0.4, -0.2) is 26.7 Å². The summed E-state index contributed by atoms with van der Waals surface area (Å²) in [6.45, 7) is 9.49. The molecule has 0 saturated carbocycles. The van der Waals surface area contributed by atoms with Gasteiger partial charge in [-0.25, -0.2) is 13.6 Å². The number of aryl methyl sites for hydroxylation is 1. The van der Waals surface area contributed by atoms with Crippen LogP contribution in [0.25, 0.3) is 0 Å². The van der Waals surface area contributed by atoms with Gasteiger partial charge in [0.1, 0.15) is 0 Å². The highest BCUT2D eigenvalue weighted by Crippen LogP contribution is 2.36. The lowest BCUT2D eigenvalue weighted by atomic mass is 9.79. The van der Waals surface area contributed by atoms with E-state index in [1.54, 1.807) is 19.1 Å². The van der Waals surface area contributed by atoms with E-state index in [-0.39, 0.29) is 4.90 Å². The summed E-state index contributed by atoms with van der Waals surface area (Å²) in [5, 5.41) is 5.22. The monoisotopic (exact) mass is 297 g/mol. The predicted octanol–water partition coefficient (Wildman–Crippen LogP) is 0.942. The van der Waals surface area contributed by atoms with Gasteiger partial charge in [0.2, 0.25) is 10.0 Å².